The van der Waals surface area contributed by atoms with E-state index in [2.05, 4.69) is 26.2 Å². The molecule has 0 spiro atoms. The summed E-state index contributed by atoms with van der Waals surface area (Å²) in [6, 6.07) is 2.46. The molecule has 0 atom stereocenters. The normalized spacial score (nSPS) is 10.8. The maximum Gasteiger partial charge on any atom is 0.156 e. The minimum absolute atomic E-state index is 0.170. The molecule has 1 heterocycles. The van der Waals surface area contributed by atoms with Crippen LogP contribution < -0.4 is 5.73 Å². The minimum atomic E-state index is -0.456. The van der Waals surface area contributed by atoms with Crippen LogP contribution in [-0.2, 0) is 7.05 Å². The lowest BCUT2D eigenvalue weighted by Crippen LogP contribution is -1.99. The molecule has 0 unspecified atom stereocenters. The van der Waals surface area contributed by atoms with E-state index in [0.717, 1.165) is 6.07 Å². The number of hydrogen-bond acceptors (Lipinski definition) is 3. The van der Waals surface area contributed by atoms with Crippen LogP contribution in [-0.4, -0.2) is 15.0 Å². The Bertz CT molecular complexity index is 535. The fourth-order valence-electron chi connectivity index (χ4n) is 1.40. The van der Waals surface area contributed by atoms with Gasteiger partial charge < -0.3 is 5.73 Å². The van der Waals surface area contributed by atoms with Crippen LogP contribution in [0.5, 0.6) is 0 Å². The predicted molar refractivity (Wildman–Crippen MR) is 63.5 cm³/mol. The number of nitrogens with two attached hydrogens (primary N) is 1. The zero-order valence-corrected chi connectivity index (χ0v) is 10.5. The van der Waals surface area contributed by atoms with Gasteiger partial charge in [0.25, 0.3) is 0 Å². The van der Waals surface area contributed by atoms with Crippen LogP contribution in [0.2, 0.25) is 5.02 Å². The number of hydrogen-bond donors (Lipinski definition) is 1. The summed E-state index contributed by atoms with van der Waals surface area (Å²) in [7, 11) is 1.69. The third kappa shape index (κ3) is 1.78. The highest BCUT2D eigenvalue weighted by Crippen LogP contribution is 2.35. The molecule has 0 bridgehead atoms. The van der Waals surface area contributed by atoms with E-state index in [1.54, 1.807) is 7.05 Å². The molecule has 1 aromatic heterocycles. The molecule has 16 heavy (non-hydrogen) atoms. The van der Waals surface area contributed by atoms with E-state index in [1.807, 2.05) is 0 Å². The van der Waals surface area contributed by atoms with Crippen molar-refractivity contribution in [1.82, 2.24) is 15.0 Å². The largest absolute Gasteiger partial charge is 0.397 e. The van der Waals surface area contributed by atoms with Crippen molar-refractivity contribution in [3.63, 3.8) is 0 Å². The topological polar surface area (TPSA) is 56.7 Å². The Hall–Kier alpha value is -1.14. The Morgan fingerprint density at radius 3 is 2.75 bits per heavy atom. The van der Waals surface area contributed by atoms with Gasteiger partial charge in [0, 0.05) is 12.6 Å². The van der Waals surface area contributed by atoms with Crippen LogP contribution in [0.25, 0.3) is 11.3 Å². The second-order valence-corrected chi connectivity index (χ2v) is 4.36. The number of aryl methyl sites for hydroxylation is 1. The van der Waals surface area contributed by atoms with Crippen LogP contribution in [0, 0.1) is 5.82 Å². The highest BCUT2D eigenvalue weighted by atomic mass is 79.9. The molecule has 2 aromatic rings. The lowest BCUT2D eigenvalue weighted by atomic mass is 10.1. The molecule has 7 heteroatoms. The van der Waals surface area contributed by atoms with Crippen LogP contribution >= 0.6 is 27.5 Å². The summed E-state index contributed by atoms with van der Waals surface area (Å²) in [6.45, 7) is 0. The molecule has 2 N–H and O–H groups in total. The highest BCUT2D eigenvalue weighted by molar-refractivity contribution is 9.10. The van der Waals surface area contributed by atoms with Crippen molar-refractivity contribution in [2.75, 3.05) is 5.73 Å². The number of benzene rings is 1. The Morgan fingerprint density at radius 2 is 2.19 bits per heavy atom. The molecule has 84 valence electrons. The van der Waals surface area contributed by atoms with Gasteiger partial charge in [-0.3, -0.25) is 0 Å². The van der Waals surface area contributed by atoms with E-state index in [0.29, 0.717) is 21.5 Å². The molecule has 0 fully saturated rings. The summed E-state index contributed by atoms with van der Waals surface area (Å²) in [6.07, 6.45) is 0. The van der Waals surface area contributed by atoms with E-state index in [9.17, 15) is 4.39 Å². The average molecular weight is 306 g/mol. The maximum atomic E-state index is 13.3. The standard InChI is InChI=1S/C9H7BrClFN4/c1-16-8(9(10)14-15-16)5-2-4(12)3-6(11)7(5)13/h2-3H,13H2,1H3. The second-order valence-electron chi connectivity index (χ2n) is 3.20. The number of aromatic nitrogens is 3. The summed E-state index contributed by atoms with van der Waals surface area (Å²) >= 11 is 9.03. The number of halogens is 3. The molecule has 4 nitrogen and oxygen atoms in total. The van der Waals surface area contributed by atoms with Crippen molar-refractivity contribution in [2.45, 2.75) is 0 Å². The maximum absolute atomic E-state index is 13.3. The molecular formula is C9H7BrClFN4. The van der Waals surface area contributed by atoms with Gasteiger partial charge in [-0.15, -0.1) is 5.10 Å². The van der Waals surface area contributed by atoms with Crippen molar-refractivity contribution in [3.05, 3.63) is 27.6 Å². The third-order valence-electron chi connectivity index (χ3n) is 2.14. The summed E-state index contributed by atoms with van der Waals surface area (Å²) in [4.78, 5) is 0. The van der Waals surface area contributed by atoms with E-state index < -0.39 is 5.82 Å². The van der Waals surface area contributed by atoms with Gasteiger partial charge in [0.1, 0.15) is 11.5 Å². The molecule has 0 saturated carbocycles. The highest BCUT2D eigenvalue weighted by Gasteiger charge is 2.16. The number of anilines is 1. The Labute approximate surface area is 104 Å². The molecule has 0 aliphatic rings. The smallest absolute Gasteiger partial charge is 0.156 e. The van der Waals surface area contributed by atoms with Crippen molar-refractivity contribution in [3.8, 4) is 11.3 Å². The first kappa shape index (κ1) is 11.3. The quantitative estimate of drug-likeness (QED) is 0.824. The van der Waals surface area contributed by atoms with Gasteiger partial charge in [-0.2, -0.15) is 0 Å². The lowest BCUT2D eigenvalue weighted by molar-refractivity contribution is 0.628. The van der Waals surface area contributed by atoms with E-state index in [4.69, 9.17) is 17.3 Å². The summed E-state index contributed by atoms with van der Waals surface area (Å²) in [5.74, 6) is -0.456. The van der Waals surface area contributed by atoms with Gasteiger partial charge in [-0.05, 0) is 28.1 Å². The van der Waals surface area contributed by atoms with Crippen LogP contribution in [0.4, 0.5) is 10.1 Å². The molecule has 0 aliphatic carbocycles. The van der Waals surface area contributed by atoms with Crippen molar-refractivity contribution < 1.29 is 4.39 Å². The number of rotatable bonds is 1. The van der Waals surface area contributed by atoms with Crippen LogP contribution in [0.1, 0.15) is 0 Å². The summed E-state index contributed by atoms with van der Waals surface area (Å²) in [5.41, 5.74) is 7.14. The second kappa shape index (κ2) is 4.03. The summed E-state index contributed by atoms with van der Waals surface area (Å²) in [5, 5.41) is 7.76. The van der Waals surface area contributed by atoms with Crippen LogP contribution in [0.3, 0.4) is 0 Å². The Morgan fingerprint density at radius 1 is 1.50 bits per heavy atom. The average Bonchev–Trinajstić information content (AvgIpc) is 2.53. The van der Waals surface area contributed by atoms with Gasteiger partial charge in [0.15, 0.2) is 4.60 Å². The van der Waals surface area contributed by atoms with Gasteiger partial charge in [0.05, 0.1) is 10.7 Å². The Kier molecular flexibility index (Phi) is 2.86. The summed E-state index contributed by atoms with van der Waals surface area (Å²) < 4.78 is 15.2. The number of nitrogen functional groups attached to an aromatic ring is 1. The zero-order chi connectivity index (χ0) is 11.9. The monoisotopic (exact) mass is 304 g/mol. The van der Waals surface area contributed by atoms with Gasteiger partial charge in [-0.25, -0.2) is 9.07 Å². The zero-order valence-electron chi connectivity index (χ0n) is 8.21. The predicted octanol–water partition coefficient (Wildman–Crippen LogP) is 2.62. The fourth-order valence-corrected chi connectivity index (χ4v) is 2.15. The molecule has 0 aliphatic heterocycles. The first-order valence-electron chi connectivity index (χ1n) is 4.30. The third-order valence-corrected chi connectivity index (χ3v) is 2.98. The molecule has 2 rings (SSSR count). The SMILES string of the molecule is Cn1nnc(Br)c1-c1cc(F)cc(Cl)c1N. The van der Waals surface area contributed by atoms with Gasteiger partial charge in [0.2, 0.25) is 0 Å². The lowest BCUT2D eigenvalue weighted by Gasteiger charge is -2.07. The van der Waals surface area contributed by atoms with E-state index in [1.165, 1.54) is 10.7 Å². The minimum Gasteiger partial charge on any atom is -0.397 e. The van der Waals surface area contributed by atoms with E-state index in [-0.39, 0.29) is 5.02 Å². The fraction of sp³-hybridized carbons (Fsp3) is 0.111. The first-order valence-corrected chi connectivity index (χ1v) is 5.48. The van der Waals surface area contributed by atoms with Gasteiger partial charge in [-0.1, -0.05) is 16.8 Å². The molecule has 0 saturated heterocycles. The van der Waals surface area contributed by atoms with E-state index >= 15 is 0 Å². The Balaban J connectivity index is 2.74. The van der Waals surface area contributed by atoms with Gasteiger partial charge >= 0.3 is 0 Å². The van der Waals surface area contributed by atoms with Crippen molar-refractivity contribution >= 4 is 33.2 Å². The molecular weight excluding hydrogens is 298 g/mol. The first-order chi connectivity index (χ1) is 7.50. The molecule has 0 amide bonds. The van der Waals surface area contributed by atoms with Crippen molar-refractivity contribution in [2.24, 2.45) is 7.05 Å². The molecule has 0 radical (unpaired) electrons. The number of nitrogens with zero attached hydrogens (tertiary/aromatic N) is 3. The molecule has 1 aromatic carbocycles. The van der Waals surface area contributed by atoms with Crippen LogP contribution in [0.15, 0.2) is 16.7 Å². The van der Waals surface area contributed by atoms with Crippen molar-refractivity contribution in [1.29, 1.82) is 0 Å².